The van der Waals surface area contributed by atoms with E-state index < -0.39 is 23.3 Å². The summed E-state index contributed by atoms with van der Waals surface area (Å²) in [6.45, 7) is 5.37. The largest absolute Gasteiger partial charge is 0.444 e. The van der Waals surface area contributed by atoms with E-state index in [1.165, 1.54) is 12.2 Å². The fraction of sp³-hybridized carbons (Fsp3) is 0.357. The van der Waals surface area contributed by atoms with Crippen LogP contribution in [0.1, 0.15) is 26.3 Å². The van der Waals surface area contributed by atoms with E-state index in [-0.39, 0.29) is 17.8 Å². The van der Waals surface area contributed by atoms with Crippen molar-refractivity contribution in [2.45, 2.75) is 26.4 Å². The number of nitrogens with one attached hydrogen (secondary N) is 1. The van der Waals surface area contributed by atoms with E-state index in [1.54, 1.807) is 20.8 Å². The minimum absolute atomic E-state index is 0.0580. The smallest absolute Gasteiger partial charge is 0.407 e. The Morgan fingerprint density at radius 3 is 2.60 bits per heavy atom. The molecule has 1 amide bonds. The summed E-state index contributed by atoms with van der Waals surface area (Å²) in [6, 6.07) is 1.91. The predicted molar refractivity (Wildman–Crippen MR) is 74.0 cm³/mol. The third-order valence-corrected chi connectivity index (χ3v) is 2.18. The van der Waals surface area contributed by atoms with Gasteiger partial charge in [0, 0.05) is 18.2 Å². The summed E-state index contributed by atoms with van der Waals surface area (Å²) in [5.74, 6) is -1.32. The Hall–Kier alpha value is -2.11. The average molecular weight is 284 g/mol. The SMILES string of the molecule is CC(C)(C)OC(=O)NCC=Cc1cc(F)c(N)cc1F. The maximum atomic E-state index is 13.4. The summed E-state index contributed by atoms with van der Waals surface area (Å²) in [5.41, 5.74) is 4.46. The lowest BCUT2D eigenvalue weighted by Gasteiger charge is -2.19. The maximum Gasteiger partial charge on any atom is 0.407 e. The number of nitrogen functional groups attached to an aromatic ring is 1. The molecule has 0 unspecified atom stereocenters. The number of rotatable bonds is 3. The Labute approximate surface area is 116 Å². The number of ether oxygens (including phenoxy) is 1. The third kappa shape index (κ3) is 5.26. The van der Waals surface area contributed by atoms with Gasteiger partial charge in [-0.1, -0.05) is 12.2 Å². The van der Waals surface area contributed by atoms with Gasteiger partial charge in [-0.25, -0.2) is 13.6 Å². The highest BCUT2D eigenvalue weighted by atomic mass is 19.1. The van der Waals surface area contributed by atoms with Crippen molar-refractivity contribution < 1.29 is 18.3 Å². The molecular formula is C14H18F2N2O2. The number of hydrogen-bond donors (Lipinski definition) is 2. The van der Waals surface area contributed by atoms with Gasteiger partial charge in [0.2, 0.25) is 0 Å². The minimum atomic E-state index is -0.689. The van der Waals surface area contributed by atoms with Crippen LogP contribution in [-0.2, 0) is 4.74 Å². The summed E-state index contributed by atoms with van der Waals surface area (Å²) in [6.07, 6.45) is 2.26. The van der Waals surface area contributed by atoms with E-state index in [2.05, 4.69) is 5.32 Å². The van der Waals surface area contributed by atoms with E-state index in [4.69, 9.17) is 10.5 Å². The van der Waals surface area contributed by atoms with Gasteiger partial charge in [0.25, 0.3) is 0 Å². The highest BCUT2D eigenvalue weighted by Gasteiger charge is 2.15. The van der Waals surface area contributed by atoms with Crippen LogP contribution in [0.25, 0.3) is 6.08 Å². The minimum Gasteiger partial charge on any atom is -0.444 e. The van der Waals surface area contributed by atoms with Crippen molar-refractivity contribution in [3.63, 3.8) is 0 Å². The zero-order valence-corrected chi connectivity index (χ0v) is 11.7. The molecule has 0 atom stereocenters. The first-order valence-corrected chi connectivity index (χ1v) is 6.07. The molecule has 0 aromatic heterocycles. The van der Waals surface area contributed by atoms with Gasteiger partial charge in [0.1, 0.15) is 17.2 Å². The van der Waals surface area contributed by atoms with Gasteiger partial charge in [-0.2, -0.15) is 0 Å². The standard InChI is InChI=1S/C14H18F2N2O2/c1-14(2,3)20-13(19)18-6-4-5-9-7-11(16)12(17)8-10(9)15/h4-5,7-8H,6,17H2,1-3H3,(H,18,19). The van der Waals surface area contributed by atoms with Crippen molar-refractivity contribution in [2.75, 3.05) is 12.3 Å². The molecule has 0 spiro atoms. The number of carbonyl (C=O) groups excluding carboxylic acids is 1. The second kappa shape index (κ2) is 6.36. The first-order chi connectivity index (χ1) is 9.19. The van der Waals surface area contributed by atoms with Crippen LogP contribution in [0, 0.1) is 11.6 Å². The van der Waals surface area contributed by atoms with Gasteiger partial charge in [0.05, 0.1) is 5.69 Å². The Balaban J connectivity index is 2.54. The van der Waals surface area contributed by atoms with Gasteiger partial charge in [-0.05, 0) is 26.8 Å². The molecule has 0 bridgehead atoms. The Kier molecular flexibility index (Phi) is 5.07. The Bertz CT molecular complexity index is 523. The number of halogens is 2. The van der Waals surface area contributed by atoms with Gasteiger partial charge in [-0.15, -0.1) is 0 Å². The lowest BCUT2D eigenvalue weighted by Crippen LogP contribution is -2.32. The van der Waals surface area contributed by atoms with Crippen LogP contribution in [0.15, 0.2) is 18.2 Å². The van der Waals surface area contributed by atoms with Crippen molar-refractivity contribution in [3.05, 3.63) is 35.4 Å². The number of hydrogen-bond acceptors (Lipinski definition) is 3. The fourth-order valence-electron chi connectivity index (χ4n) is 1.35. The van der Waals surface area contributed by atoms with E-state index in [1.807, 2.05) is 0 Å². The number of benzene rings is 1. The normalized spacial score (nSPS) is 11.7. The number of anilines is 1. The zero-order chi connectivity index (χ0) is 15.3. The highest BCUT2D eigenvalue weighted by Crippen LogP contribution is 2.17. The van der Waals surface area contributed by atoms with E-state index in [9.17, 15) is 13.6 Å². The molecule has 0 aliphatic rings. The van der Waals surface area contributed by atoms with Crippen LogP contribution in [0.4, 0.5) is 19.3 Å². The number of carbonyl (C=O) groups is 1. The summed E-state index contributed by atoms with van der Waals surface area (Å²) in [5, 5.41) is 2.47. The Morgan fingerprint density at radius 1 is 1.35 bits per heavy atom. The van der Waals surface area contributed by atoms with Crippen LogP contribution in [0.5, 0.6) is 0 Å². The molecule has 0 radical (unpaired) electrons. The van der Waals surface area contributed by atoms with Gasteiger partial charge in [-0.3, -0.25) is 0 Å². The van der Waals surface area contributed by atoms with Gasteiger partial charge in [0.15, 0.2) is 0 Å². The molecule has 3 N–H and O–H groups in total. The van der Waals surface area contributed by atoms with Crippen molar-refractivity contribution in [1.29, 1.82) is 0 Å². The van der Waals surface area contributed by atoms with Crippen LogP contribution in [0.2, 0.25) is 0 Å². The van der Waals surface area contributed by atoms with E-state index in [0.717, 1.165) is 12.1 Å². The second-order valence-corrected chi connectivity index (χ2v) is 5.18. The monoisotopic (exact) mass is 284 g/mol. The number of nitrogens with two attached hydrogens (primary N) is 1. The average Bonchev–Trinajstić information content (AvgIpc) is 2.28. The molecule has 1 rings (SSSR count). The first kappa shape index (κ1) is 15.9. The molecule has 1 aromatic rings. The first-order valence-electron chi connectivity index (χ1n) is 6.07. The van der Waals surface area contributed by atoms with Crippen LogP contribution in [0.3, 0.4) is 0 Å². The molecule has 0 aliphatic heterocycles. The lowest BCUT2D eigenvalue weighted by molar-refractivity contribution is 0.0534. The van der Waals surface area contributed by atoms with E-state index in [0.29, 0.717) is 0 Å². The van der Waals surface area contributed by atoms with Crippen LogP contribution >= 0.6 is 0 Å². The zero-order valence-electron chi connectivity index (χ0n) is 11.7. The molecule has 20 heavy (non-hydrogen) atoms. The van der Waals surface area contributed by atoms with Gasteiger partial charge >= 0.3 is 6.09 Å². The van der Waals surface area contributed by atoms with Crippen molar-refractivity contribution in [3.8, 4) is 0 Å². The Morgan fingerprint density at radius 2 is 2.00 bits per heavy atom. The molecule has 0 fully saturated rings. The third-order valence-electron chi connectivity index (χ3n) is 2.18. The topological polar surface area (TPSA) is 64.3 Å². The van der Waals surface area contributed by atoms with Gasteiger partial charge < -0.3 is 15.8 Å². The lowest BCUT2D eigenvalue weighted by atomic mass is 10.1. The second-order valence-electron chi connectivity index (χ2n) is 5.18. The molecule has 110 valence electrons. The predicted octanol–water partition coefficient (Wildman–Crippen LogP) is 3.08. The molecule has 1 aromatic carbocycles. The molecule has 0 heterocycles. The summed E-state index contributed by atoms with van der Waals surface area (Å²) >= 11 is 0. The fourth-order valence-corrected chi connectivity index (χ4v) is 1.35. The molecule has 6 heteroatoms. The van der Waals surface area contributed by atoms with Crippen LogP contribution < -0.4 is 11.1 Å². The molecule has 0 aliphatic carbocycles. The summed E-state index contributed by atoms with van der Waals surface area (Å²) in [7, 11) is 0. The molecular weight excluding hydrogens is 266 g/mol. The molecule has 0 saturated carbocycles. The van der Waals surface area contributed by atoms with Crippen LogP contribution in [-0.4, -0.2) is 18.2 Å². The number of amides is 1. The highest BCUT2D eigenvalue weighted by molar-refractivity contribution is 5.68. The molecule has 4 nitrogen and oxygen atoms in total. The van der Waals surface area contributed by atoms with Crippen molar-refractivity contribution in [2.24, 2.45) is 0 Å². The maximum absolute atomic E-state index is 13.4. The quantitative estimate of drug-likeness (QED) is 0.838. The molecule has 0 saturated heterocycles. The van der Waals surface area contributed by atoms with E-state index >= 15 is 0 Å². The number of alkyl carbamates (subject to hydrolysis) is 1. The summed E-state index contributed by atoms with van der Waals surface area (Å²) < 4.78 is 31.6. The van der Waals surface area contributed by atoms with Crippen molar-refractivity contribution in [1.82, 2.24) is 5.32 Å². The summed E-state index contributed by atoms with van der Waals surface area (Å²) in [4.78, 5) is 11.3. The van der Waals surface area contributed by atoms with Crippen molar-refractivity contribution >= 4 is 17.9 Å².